The molecular formula is C12H13N3. The number of nitrogens with zero attached hydrogens (tertiary/aromatic N) is 2. The first-order valence-corrected chi connectivity index (χ1v) is 4.99. The van der Waals surface area contributed by atoms with Gasteiger partial charge in [0.25, 0.3) is 0 Å². The van der Waals surface area contributed by atoms with E-state index in [2.05, 4.69) is 16.0 Å². The Morgan fingerprint density at radius 2 is 2.27 bits per heavy atom. The van der Waals surface area contributed by atoms with Crippen molar-refractivity contribution in [1.29, 1.82) is 5.26 Å². The van der Waals surface area contributed by atoms with Gasteiger partial charge in [0.2, 0.25) is 0 Å². The number of rotatable bonds is 3. The van der Waals surface area contributed by atoms with Crippen molar-refractivity contribution in [2.24, 2.45) is 0 Å². The topological polar surface area (TPSA) is 40.8 Å². The molecule has 0 saturated heterocycles. The van der Waals surface area contributed by atoms with Crippen LogP contribution in [0.1, 0.15) is 5.56 Å². The smallest absolute Gasteiger partial charge is 0.0998 e. The molecule has 0 radical (unpaired) electrons. The summed E-state index contributed by atoms with van der Waals surface area (Å²) in [7, 11) is 1.94. The van der Waals surface area contributed by atoms with Crippen LogP contribution in [0, 0.1) is 11.3 Å². The number of nitrogens with one attached hydrogen (secondary N) is 1. The Morgan fingerprint density at radius 1 is 1.40 bits per heavy atom. The molecule has 1 aromatic carbocycles. The molecule has 0 saturated carbocycles. The molecule has 2 aromatic rings. The fourth-order valence-corrected chi connectivity index (χ4v) is 1.75. The van der Waals surface area contributed by atoms with Crippen LogP contribution in [-0.4, -0.2) is 18.2 Å². The maximum Gasteiger partial charge on any atom is 0.0998 e. The zero-order valence-corrected chi connectivity index (χ0v) is 8.70. The average molecular weight is 199 g/mol. The van der Waals surface area contributed by atoms with E-state index in [9.17, 15) is 0 Å². The summed E-state index contributed by atoms with van der Waals surface area (Å²) >= 11 is 0. The Balaban J connectivity index is 2.47. The molecule has 1 heterocycles. The molecule has 15 heavy (non-hydrogen) atoms. The van der Waals surface area contributed by atoms with Crippen molar-refractivity contribution in [3.05, 3.63) is 36.0 Å². The Morgan fingerprint density at radius 3 is 3.00 bits per heavy atom. The Kier molecular flexibility index (Phi) is 2.70. The van der Waals surface area contributed by atoms with Gasteiger partial charge in [0.05, 0.1) is 11.6 Å². The Hall–Kier alpha value is -1.79. The zero-order chi connectivity index (χ0) is 10.7. The summed E-state index contributed by atoms with van der Waals surface area (Å²) in [6.07, 6.45) is 2.03. The van der Waals surface area contributed by atoms with Crippen LogP contribution >= 0.6 is 0 Å². The maximum atomic E-state index is 8.95. The lowest BCUT2D eigenvalue weighted by atomic mass is 10.1. The van der Waals surface area contributed by atoms with Gasteiger partial charge in [-0.15, -0.1) is 0 Å². The number of likely N-dealkylation sites (N-methyl/N-ethyl adjacent to an activating group) is 1. The second-order valence-corrected chi connectivity index (χ2v) is 3.46. The summed E-state index contributed by atoms with van der Waals surface area (Å²) in [5.41, 5.74) is 1.88. The molecule has 3 nitrogen and oxygen atoms in total. The SMILES string of the molecule is CNCCn1ccc2c(C#N)cccc21. The first kappa shape index (κ1) is 9.75. The van der Waals surface area contributed by atoms with E-state index in [4.69, 9.17) is 5.26 Å². The molecule has 0 aliphatic carbocycles. The highest BCUT2D eigenvalue weighted by Gasteiger charge is 2.03. The van der Waals surface area contributed by atoms with Gasteiger partial charge in [0, 0.05) is 30.2 Å². The fourth-order valence-electron chi connectivity index (χ4n) is 1.75. The highest BCUT2D eigenvalue weighted by molar-refractivity contribution is 5.85. The van der Waals surface area contributed by atoms with E-state index in [1.807, 2.05) is 37.5 Å². The molecule has 0 fully saturated rings. The molecule has 0 aliphatic rings. The third-order valence-corrected chi connectivity index (χ3v) is 2.54. The second-order valence-electron chi connectivity index (χ2n) is 3.46. The van der Waals surface area contributed by atoms with Gasteiger partial charge in [0.1, 0.15) is 0 Å². The molecule has 0 unspecified atom stereocenters. The third-order valence-electron chi connectivity index (χ3n) is 2.54. The molecule has 0 bridgehead atoms. The number of hydrogen-bond donors (Lipinski definition) is 1. The molecular weight excluding hydrogens is 186 g/mol. The normalized spacial score (nSPS) is 10.4. The van der Waals surface area contributed by atoms with Crippen molar-refractivity contribution in [2.45, 2.75) is 6.54 Å². The lowest BCUT2D eigenvalue weighted by Crippen LogP contribution is -2.14. The molecule has 1 N–H and O–H groups in total. The summed E-state index contributed by atoms with van der Waals surface area (Å²) in [5, 5.41) is 13.1. The van der Waals surface area contributed by atoms with E-state index in [-0.39, 0.29) is 0 Å². The number of aromatic nitrogens is 1. The minimum atomic E-state index is 0.746. The molecule has 0 atom stereocenters. The highest BCUT2D eigenvalue weighted by Crippen LogP contribution is 2.19. The predicted molar refractivity (Wildman–Crippen MR) is 60.6 cm³/mol. The molecule has 3 heteroatoms. The summed E-state index contributed by atoms with van der Waals surface area (Å²) in [6.45, 7) is 1.86. The molecule has 1 aromatic heterocycles. The van der Waals surface area contributed by atoms with Gasteiger partial charge >= 0.3 is 0 Å². The van der Waals surface area contributed by atoms with Crippen molar-refractivity contribution in [3.8, 4) is 6.07 Å². The van der Waals surface area contributed by atoms with Gasteiger partial charge < -0.3 is 9.88 Å². The number of nitriles is 1. The summed E-state index contributed by atoms with van der Waals surface area (Å²) < 4.78 is 2.16. The first-order chi connectivity index (χ1) is 7.36. The van der Waals surface area contributed by atoms with Crippen molar-refractivity contribution in [3.63, 3.8) is 0 Å². The molecule has 0 spiro atoms. The van der Waals surface area contributed by atoms with E-state index in [0.717, 1.165) is 29.6 Å². The zero-order valence-electron chi connectivity index (χ0n) is 8.70. The van der Waals surface area contributed by atoms with E-state index < -0.39 is 0 Å². The van der Waals surface area contributed by atoms with E-state index in [1.54, 1.807) is 0 Å². The summed E-state index contributed by atoms with van der Waals surface area (Å²) in [4.78, 5) is 0. The quantitative estimate of drug-likeness (QED) is 0.817. The largest absolute Gasteiger partial charge is 0.346 e. The highest BCUT2D eigenvalue weighted by atomic mass is 15.0. The lowest BCUT2D eigenvalue weighted by Gasteiger charge is -2.04. The van der Waals surface area contributed by atoms with Gasteiger partial charge in [-0.1, -0.05) is 6.07 Å². The van der Waals surface area contributed by atoms with E-state index >= 15 is 0 Å². The van der Waals surface area contributed by atoms with Crippen molar-refractivity contribution >= 4 is 10.9 Å². The van der Waals surface area contributed by atoms with Gasteiger partial charge in [-0.2, -0.15) is 5.26 Å². The van der Waals surface area contributed by atoms with Crippen LogP contribution in [0.5, 0.6) is 0 Å². The van der Waals surface area contributed by atoms with Crippen molar-refractivity contribution < 1.29 is 0 Å². The third kappa shape index (κ3) is 1.72. The van der Waals surface area contributed by atoms with Gasteiger partial charge in [0.15, 0.2) is 0 Å². The maximum absolute atomic E-state index is 8.95. The molecule has 0 aliphatic heterocycles. The summed E-state index contributed by atoms with van der Waals surface area (Å²) in [5.74, 6) is 0. The van der Waals surface area contributed by atoms with Crippen molar-refractivity contribution in [2.75, 3.05) is 13.6 Å². The molecule has 2 rings (SSSR count). The Labute approximate surface area is 88.9 Å². The van der Waals surface area contributed by atoms with Crippen LogP contribution < -0.4 is 5.32 Å². The average Bonchev–Trinajstić information content (AvgIpc) is 2.69. The van der Waals surface area contributed by atoms with Gasteiger partial charge in [-0.25, -0.2) is 0 Å². The minimum Gasteiger partial charge on any atom is -0.346 e. The second kappa shape index (κ2) is 4.16. The van der Waals surface area contributed by atoms with Gasteiger partial charge in [-0.3, -0.25) is 0 Å². The monoisotopic (exact) mass is 199 g/mol. The lowest BCUT2D eigenvalue weighted by molar-refractivity contribution is 0.662. The minimum absolute atomic E-state index is 0.746. The van der Waals surface area contributed by atoms with Crippen LogP contribution in [0.4, 0.5) is 0 Å². The van der Waals surface area contributed by atoms with Crippen LogP contribution in [0.15, 0.2) is 30.5 Å². The van der Waals surface area contributed by atoms with Gasteiger partial charge in [-0.05, 0) is 25.2 Å². The number of benzene rings is 1. The molecule has 0 amide bonds. The predicted octanol–water partition coefficient (Wildman–Crippen LogP) is 1.73. The van der Waals surface area contributed by atoms with Crippen molar-refractivity contribution in [1.82, 2.24) is 9.88 Å². The van der Waals surface area contributed by atoms with Crippen LogP contribution in [0.2, 0.25) is 0 Å². The number of fused-ring (bicyclic) bond motifs is 1. The van der Waals surface area contributed by atoms with Crippen LogP contribution in [0.25, 0.3) is 10.9 Å². The van der Waals surface area contributed by atoms with Crippen LogP contribution in [0.3, 0.4) is 0 Å². The van der Waals surface area contributed by atoms with E-state index in [0.29, 0.717) is 0 Å². The first-order valence-electron chi connectivity index (χ1n) is 4.99. The van der Waals surface area contributed by atoms with Crippen LogP contribution in [-0.2, 0) is 6.54 Å². The molecule has 76 valence electrons. The van der Waals surface area contributed by atoms with E-state index in [1.165, 1.54) is 0 Å². The Bertz CT molecular complexity index is 505. The fraction of sp³-hybridized carbons (Fsp3) is 0.250. The standard InChI is InChI=1S/C12H13N3/c1-14-6-8-15-7-5-11-10(9-13)3-2-4-12(11)15/h2-5,7,14H,6,8H2,1H3. The number of hydrogen-bond acceptors (Lipinski definition) is 2. The summed E-state index contributed by atoms with van der Waals surface area (Å²) in [6, 6.07) is 10.0.